The molecule has 0 spiro atoms. The van der Waals surface area contributed by atoms with Crippen molar-refractivity contribution in [1.29, 1.82) is 0 Å². The molecule has 0 aliphatic carbocycles. The predicted molar refractivity (Wildman–Crippen MR) is 82.0 cm³/mol. The molecule has 0 saturated carbocycles. The van der Waals surface area contributed by atoms with Crippen LogP contribution in [-0.4, -0.2) is 15.1 Å². The first-order chi connectivity index (χ1) is 8.81. The first-order valence-corrected chi connectivity index (χ1v) is 7.20. The largest absolute Gasteiger partial charge is 0.326 e. The first-order valence-electron chi connectivity index (χ1n) is 6.45. The Balaban J connectivity index is 2.62. The highest BCUT2D eigenvalue weighted by molar-refractivity contribution is 6.42. The van der Waals surface area contributed by atoms with Crippen molar-refractivity contribution in [3.05, 3.63) is 28.0 Å². The number of hydrogen-bond acceptors (Lipinski definition) is 2. The van der Waals surface area contributed by atoms with Gasteiger partial charge in [-0.2, -0.15) is 0 Å². The third kappa shape index (κ3) is 3.22. The van der Waals surface area contributed by atoms with Gasteiger partial charge in [0.2, 0.25) is 0 Å². The van der Waals surface area contributed by atoms with E-state index in [0.717, 1.165) is 29.7 Å². The number of imidazole rings is 1. The van der Waals surface area contributed by atoms with Crippen molar-refractivity contribution < 1.29 is 0 Å². The topological polar surface area (TPSA) is 43.8 Å². The molecule has 2 aromatic rings. The first kappa shape index (κ1) is 14.6. The maximum absolute atomic E-state index is 6.14. The molecule has 0 saturated heterocycles. The molecule has 2 N–H and O–H groups in total. The average Bonchev–Trinajstić information content (AvgIpc) is 2.57. The molecule has 0 unspecified atom stereocenters. The monoisotopic (exact) mass is 299 g/mol. The van der Waals surface area contributed by atoms with Crippen LogP contribution in [0.2, 0.25) is 10.0 Å². The highest BCUT2D eigenvalue weighted by Gasteiger charge is 2.18. The Bertz CT molecular complexity index is 597. The molecule has 1 aromatic heterocycles. The maximum Gasteiger partial charge on any atom is 0.109 e. The van der Waals surface area contributed by atoms with Gasteiger partial charge in [0.1, 0.15) is 5.82 Å². The molecule has 1 heterocycles. The van der Waals surface area contributed by atoms with Gasteiger partial charge in [-0.15, -0.1) is 0 Å². The lowest BCUT2D eigenvalue weighted by Crippen LogP contribution is -2.37. The number of aryl methyl sites for hydroxylation is 1. The quantitative estimate of drug-likeness (QED) is 0.926. The number of fused-ring (bicyclic) bond motifs is 1. The number of rotatable bonds is 4. The average molecular weight is 300 g/mol. The van der Waals surface area contributed by atoms with Crippen LogP contribution < -0.4 is 5.73 Å². The highest BCUT2D eigenvalue weighted by atomic mass is 35.5. The minimum Gasteiger partial charge on any atom is -0.326 e. The van der Waals surface area contributed by atoms with Gasteiger partial charge in [-0.3, -0.25) is 0 Å². The molecule has 5 heteroatoms. The standard InChI is InChI=1S/C14H19Cl2N3/c1-4-5-13-18-11-6-9(15)10(16)7-12(11)19(13)8-14(2,3)17/h6-7H,4-5,8,17H2,1-3H3. The Kier molecular flexibility index (Phi) is 4.09. The summed E-state index contributed by atoms with van der Waals surface area (Å²) in [6.07, 6.45) is 1.95. The van der Waals surface area contributed by atoms with Crippen LogP contribution in [0.5, 0.6) is 0 Å². The molecule has 0 atom stereocenters. The van der Waals surface area contributed by atoms with Gasteiger partial charge in [0.25, 0.3) is 0 Å². The fourth-order valence-corrected chi connectivity index (χ4v) is 2.48. The molecular formula is C14H19Cl2N3. The van der Waals surface area contributed by atoms with Crippen molar-refractivity contribution in [1.82, 2.24) is 9.55 Å². The Morgan fingerprint density at radius 1 is 1.26 bits per heavy atom. The number of benzene rings is 1. The van der Waals surface area contributed by atoms with Crippen molar-refractivity contribution >= 4 is 34.2 Å². The van der Waals surface area contributed by atoms with Crippen LogP contribution in [0.3, 0.4) is 0 Å². The Hall–Kier alpha value is -0.770. The molecule has 104 valence electrons. The summed E-state index contributed by atoms with van der Waals surface area (Å²) in [7, 11) is 0. The fourth-order valence-electron chi connectivity index (χ4n) is 2.17. The number of nitrogens with zero attached hydrogens (tertiary/aromatic N) is 2. The summed E-state index contributed by atoms with van der Waals surface area (Å²) in [5.74, 6) is 1.04. The summed E-state index contributed by atoms with van der Waals surface area (Å²) in [5.41, 5.74) is 7.71. The predicted octanol–water partition coefficient (Wildman–Crippen LogP) is 4.03. The van der Waals surface area contributed by atoms with Crippen LogP contribution in [0, 0.1) is 0 Å². The van der Waals surface area contributed by atoms with E-state index in [-0.39, 0.29) is 5.54 Å². The van der Waals surface area contributed by atoms with E-state index in [1.807, 2.05) is 26.0 Å². The molecule has 19 heavy (non-hydrogen) atoms. The van der Waals surface area contributed by atoms with Crippen molar-refractivity contribution in [2.75, 3.05) is 0 Å². The van der Waals surface area contributed by atoms with E-state index in [1.54, 1.807) is 0 Å². The maximum atomic E-state index is 6.14. The van der Waals surface area contributed by atoms with Crippen molar-refractivity contribution in [2.24, 2.45) is 5.73 Å². The van der Waals surface area contributed by atoms with E-state index in [4.69, 9.17) is 28.9 Å². The number of nitrogens with two attached hydrogens (primary N) is 1. The molecule has 1 aromatic carbocycles. The number of halogens is 2. The minimum atomic E-state index is -0.303. The third-order valence-electron chi connectivity index (χ3n) is 2.91. The third-order valence-corrected chi connectivity index (χ3v) is 3.63. The van der Waals surface area contributed by atoms with Crippen molar-refractivity contribution in [3.63, 3.8) is 0 Å². The Morgan fingerprint density at radius 2 is 1.89 bits per heavy atom. The minimum absolute atomic E-state index is 0.303. The summed E-state index contributed by atoms with van der Waals surface area (Å²) < 4.78 is 2.15. The molecule has 2 rings (SSSR count). The van der Waals surface area contributed by atoms with E-state index in [2.05, 4.69) is 16.5 Å². The summed E-state index contributed by atoms with van der Waals surface area (Å²) in [6.45, 7) is 6.85. The molecule has 0 radical (unpaired) electrons. The van der Waals surface area contributed by atoms with Gasteiger partial charge >= 0.3 is 0 Å². The zero-order valence-corrected chi connectivity index (χ0v) is 13.0. The van der Waals surface area contributed by atoms with E-state index in [0.29, 0.717) is 16.6 Å². The summed E-state index contributed by atoms with van der Waals surface area (Å²) in [5, 5.41) is 1.09. The van der Waals surface area contributed by atoms with Gasteiger partial charge < -0.3 is 10.3 Å². The van der Waals surface area contributed by atoms with Gasteiger partial charge in [-0.25, -0.2) is 4.98 Å². The van der Waals surface area contributed by atoms with Crippen molar-refractivity contribution in [3.8, 4) is 0 Å². The van der Waals surface area contributed by atoms with Crippen LogP contribution in [0.25, 0.3) is 11.0 Å². The lowest BCUT2D eigenvalue weighted by molar-refractivity contribution is 0.431. The van der Waals surface area contributed by atoms with Gasteiger partial charge in [0, 0.05) is 18.5 Å². The van der Waals surface area contributed by atoms with Gasteiger partial charge in [0.15, 0.2) is 0 Å². The second-order valence-corrected chi connectivity index (χ2v) is 6.42. The molecule has 0 aliphatic rings. The van der Waals surface area contributed by atoms with Gasteiger partial charge in [0.05, 0.1) is 21.1 Å². The molecule has 0 aliphatic heterocycles. The Morgan fingerprint density at radius 3 is 2.47 bits per heavy atom. The van der Waals surface area contributed by atoms with E-state index in [1.165, 1.54) is 0 Å². The number of aromatic nitrogens is 2. The van der Waals surface area contributed by atoms with Crippen LogP contribution >= 0.6 is 23.2 Å². The molecule has 0 fully saturated rings. The zero-order valence-electron chi connectivity index (χ0n) is 11.5. The highest BCUT2D eigenvalue weighted by Crippen LogP contribution is 2.29. The molecule has 0 bridgehead atoms. The molecule has 0 amide bonds. The summed E-state index contributed by atoms with van der Waals surface area (Å²) in [6, 6.07) is 3.69. The van der Waals surface area contributed by atoms with Crippen LogP contribution in [0.4, 0.5) is 0 Å². The number of hydrogen-bond donors (Lipinski definition) is 1. The van der Waals surface area contributed by atoms with Crippen LogP contribution in [0.1, 0.15) is 33.0 Å². The zero-order chi connectivity index (χ0) is 14.2. The second kappa shape index (κ2) is 5.31. The lowest BCUT2D eigenvalue weighted by atomic mass is 10.1. The van der Waals surface area contributed by atoms with E-state index >= 15 is 0 Å². The smallest absolute Gasteiger partial charge is 0.109 e. The lowest BCUT2D eigenvalue weighted by Gasteiger charge is -2.21. The van der Waals surface area contributed by atoms with Crippen molar-refractivity contribution in [2.45, 2.75) is 45.7 Å². The van der Waals surface area contributed by atoms with E-state index in [9.17, 15) is 0 Å². The summed E-state index contributed by atoms with van der Waals surface area (Å²) >= 11 is 12.2. The normalized spacial score (nSPS) is 12.3. The second-order valence-electron chi connectivity index (χ2n) is 5.61. The van der Waals surface area contributed by atoms with Gasteiger partial charge in [-0.1, -0.05) is 30.1 Å². The molecule has 3 nitrogen and oxygen atoms in total. The Labute approximate surface area is 123 Å². The fraction of sp³-hybridized carbons (Fsp3) is 0.500. The van der Waals surface area contributed by atoms with Crippen LogP contribution in [-0.2, 0) is 13.0 Å². The van der Waals surface area contributed by atoms with Gasteiger partial charge in [-0.05, 0) is 32.4 Å². The van der Waals surface area contributed by atoms with E-state index < -0.39 is 0 Å². The SMILES string of the molecule is CCCc1nc2cc(Cl)c(Cl)cc2n1CC(C)(C)N. The van der Waals surface area contributed by atoms with Crippen LogP contribution in [0.15, 0.2) is 12.1 Å². The summed E-state index contributed by atoms with van der Waals surface area (Å²) in [4.78, 5) is 4.65. The molecular weight excluding hydrogens is 281 g/mol.